The number of halogens is 5. The summed E-state index contributed by atoms with van der Waals surface area (Å²) >= 11 is 0. The molecule has 0 heterocycles. The molecule has 0 fully saturated rings. The molecule has 162 valence electrons. The Morgan fingerprint density at radius 2 is 1.16 bits per heavy atom. The lowest BCUT2D eigenvalue weighted by Gasteiger charge is -2.07. The lowest BCUT2D eigenvalue weighted by Crippen LogP contribution is -2.00. The van der Waals surface area contributed by atoms with E-state index in [4.69, 9.17) is 4.74 Å². The summed E-state index contributed by atoms with van der Waals surface area (Å²) in [6.07, 6.45) is 0. The molecule has 0 N–H and O–H groups in total. The zero-order valence-electron chi connectivity index (χ0n) is 15.2. The highest BCUT2D eigenvalue weighted by molar-refractivity contribution is 5.39. The fourth-order valence-electron chi connectivity index (χ4n) is 2.16. The second-order valence-electron chi connectivity index (χ2n) is 5.74. The van der Waals surface area contributed by atoms with Gasteiger partial charge in [-0.25, -0.2) is 13.2 Å². The molecule has 31 heavy (non-hydrogen) atoms. The summed E-state index contributed by atoms with van der Waals surface area (Å²) in [5.41, 5.74) is -1.21. The van der Waals surface area contributed by atoms with Crippen molar-refractivity contribution in [3.05, 3.63) is 109 Å². The molecule has 0 aliphatic rings. The molecule has 3 rings (SSSR count). The molecule has 0 aliphatic carbocycles. The summed E-state index contributed by atoms with van der Waals surface area (Å²) in [4.78, 5) is 18.3. The Labute approximate surface area is 170 Å². The fourth-order valence-corrected chi connectivity index (χ4v) is 2.16. The van der Waals surface area contributed by atoms with Crippen molar-refractivity contribution in [3.8, 4) is 5.75 Å². The molecule has 0 aliphatic heterocycles. The minimum absolute atomic E-state index is 0.0506. The first-order valence-corrected chi connectivity index (χ1v) is 8.19. The minimum atomic E-state index is -1.45. The van der Waals surface area contributed by atoms with Gasteiger partial charge < -0.3 is 4.74 Å². The maximum atomic E-state index is 13.5. The minimum Gasteiger partial charge on any atom is -0.486 e. The maximum Gasteiger partial charge on any atom is 0.307 e. The van der Waals surface area contributed by atoms with Gasteiger partial charge in [0, 0.05) is 12.1 Å². The summed E-state index contributed by atoms with van der Waals surface area (Å²) in [6, 6.07) is 10.4. The molecule has 0 bridgehead atoms. The van der Waals surface area contributed by atoms with Gasteiger partial charge in [-0.15, -0.1) is 0 Å². The van der Waals surface area contributed by atoms with E-state index in [0.29, 0.717) is 12.1 Å². The molecule has 0 unspecified atom stereocenters. The van der Waals surface area contributed by atoms with Crippen molar-refractivity contribution >= 4 is 11.4 Å². The van der Waals surface area contributed by atoms with E-state index >= 15 is 0 Å². The zero-order chi connectivity index (χ0) is 23.1. The van der Waals surface area contributed by atoms with E-state index in [0.717, 1.165) is 5.56 Å². The summed E-state index contributed by atoms with van der Waals surface area (Å²) in [5.74, 6) is -6.73. The monoisotopic (exact) mass is 442 g/mol. The van der Waals surface area contributed by atoms with Gasteiger partial charge in [-0.05, 0) is 5.56 Å². The number of hydrogen-bond acceptors (Lipinski definition) is 5. The van der Waals surface area contributed by atoms with Gasteiger partial charge in [0.15, 0.2) is 23.2 Å². The molecular weight excluding hydrogens is 431 g/mol. The molecule has 0 radical (unpaired) electrons. The van der Waals surface area contributed by atoms with Gasteiger partial charge in [0.2, 0.25) is 11.6 Å². The predicted octanol–water partition coefficient (Wildman–Crippen LogP) is 5.46. The first-order chi connectivity index (χ1) is 14.6. The zero-order valence-corrected chi connectivity index (χ0v) is 15.2. The number of benzene rings is 3. The van der Waals surface area contributed by atoms with Gasteiger partial charge in [0.1, 0.15) is 6.61 Å². The Morgan fingerprint density at radius 3 is 1.71 bits per heavy atom. The molecule has 0 atom stereocenters. The van der Waals surface area contributed by atoms with Gasteiger partial charge in [0.25, 0.3) is 0 Å². The maximum absolute atomic E-state index is 13.5. The van der Waals surface area contributed by atoms with Crippen LogP contribution in [-0.4, -0.2) is 9.85 Å². The van der Waals surface area contributed by atoms with E-state index in [2.05, 4.69) is 0 Å². The largest absolute Gasteiger partial charge is 0.486 e. The van der Waals surface area contributed by atoms with Crippen molar-refractivity contribution in [2.45, 2.75) is 6.61 Å². The number of ether oxygens (including phenoxy) is 1. The molecule has 0 amide bonds. The highest BCUT2D eigenvalue weighted by Crippen LogP contribution is 2.27. The number of rotatable bonds is 5. The third-order valence-electron chi connectivity index (χ3n) is 3.62. The molecule has 0 spiro atoms. The van der Waals surface area contributed by atoms with Crippen LogP contribution in [0, 0.1) is 49.3 Å². The van der Waals surface area contributed by atoms with E-state index in [1.54, 1.807) is 24.3 Å². The SMILES string of the molecule is O=[N+]([O-])c1cc(F)c(F)cc1F.O=[N+]([O-])c1cc(F)c(OCc2ccccc2)cc1F. The number of hydrogen-bond donors (Lipinski definition) is 0. The Morgan fingerprint density at radius 1 is 0.677 bits per heavy atom. The standard InChI is InChI=1S/C13H9F2NO3.C6H2F3NO2/c14-10-7-13(11(15)6-12(10)16(17)18)19-8-9-4-2-1-3-5-9;7-3-1-5(9)6(10(11)12)2-4(3)8/h1-7H,8H2;1-2H. The lowest BCUT2D eigenvalue weighted by atomic mass is 10.2. The summed E-state index contributed by atoms with van der Waals surface area (Å²) < 4.78 is 68.8. The quantitative estimate of drug-likeness (QED) is 0.226. The normalized spacial score (nSPS) is 10.1. The molecule has 12 heteroatoms. The van der Waals surface area contributed by atoms with Gasteiger partial charge >= 0.3 is 11.4 Å². The van der Waals surface area contributed by atoms with Gasteiger partial charge in [-0.1, -0.05) is 30.3 Å². The van der Waals surface area contributed by atoms with Crippen LogP contribution in [0.5, 0.6) is 5.75 Å². The Kier molecular flexibility index (Phi) is 7.55. The fraction of sp³-hybridized carbons (Fsp3) is 0.0526. The van der Waals surface area contributed by atoms with E-state index in [-0.39, 0.29) is 24.5 Å². The smallest absolute Gasteiger partial charge is 0.307 e. The average Bonchev–Trinajstić information content (AvgIpc) is 2.72. The molecular formula is C19H11F5N2O5. The molecule has 0 saturated carbocycles. The highest BCUT2D eigenvalue weighted by atomic mass is 19.2. The van der Waals surface area contributed by atoms with Crippen LogP contribution in [-0.2, 0) is 6.61 Å². The number of nitro groups is 2. The summed E-state index contributed by atoms with van der Waals surface area (Å²) in [5, 5.41) is 20.4. The van der Waals surface area contributed by atoms with Crippen molar-refractivity contribution in [3.63, 3.8) is 0 Å². The second kappa shape index (κ2) is 10.1. The van der Waals surface area contributed by atoms with Crippen LogP contribution in [0.2, 0.25) is 0 Å². The van der Waals surface area contributed by atoms with Crippen LogP contribution < -0.4 is 4.74 Å². The topological polar surface area (TPSA) is 95.5 Å². The third-order valence-corrected chi connectivity index (χ3v) is 3.62. The molecule has 7 nitrogen and oxygen atoms in total. The summed E-state index contributed by atoms with van der Waals surface area (Å²) in [7, 11) is 0. The predicted molar refractivity (Wildman–Crippen MR) is 96.8 cm³/mol. The van der Waals surface area contributed by atoms with Crippen LogP contribution in [0.1, 0.15) is 5.56 Å². The summed E-state index contributed by atoms with van der Waals surface area (Å²) in [6.45, 7) is 0.0506. The van der Waals surface area contributed by atoms with Gasteiger partial charge in [-0.3, -0.25) is 20.2 Å². The Hall–Kier alpha value is -4.09. The van der Waals surface area contributed by atoms with Crippen molar-refractivity contribution in [1.29, 1.82) is 0 Å². The molecule has 3 aromatic rings. The lowest BCUT2D eigenvalue weighted by molar-refractivity contribution is -0.387. The number of nitrogens with zero attached hydrogens (tertiary/aromatic N) is 2. The van der Waals surface area contributed by atoms with E-state index in [1.165, 1.54) is 0 Å². The number of nitro benzene ring substituents is 2. The Bertz CT molecular complexity index is 1110. The molecule has 0 saturated heterocycles. The van der Waals surface area contributed by atoms with Gasteiger partial charge in [0.05, 0.1) is 22.0 Å². The van der Waals surface area contributed by atoms with E-state index in [9.17, 15) is 42.2 Å². The van der Waals surface area contributed by atoms with Crippen molar-refractivity contribution < 1.29 is 36.5 Å². The third kappa shape index (κ3) is 6.19. The van der Waals surface area contributed by atoms with Crippen molar-refractivity contribution in [2.75, 3.05) is 0 Å². The van der Waals surface area contributed by atoms with Crippen LogP contribution in [0.4, 0.5) is 33.3 Å². The molecule has 3 aromatic carbocycles. The average molecular weight is 442 g/mol. The first kappa shape index (κ1) is 23.2. The first-order valence-electron chi connectivity index (χ1n) is 8.19. The van der Waals surface area contributed by atoms with Crippen molar-refractivity contribution in [2.24, 2.45) is 0 Å². The van der Waals surface area contributed by atoms with E-state index in [1.807, 2.05) is 6.07 Å². The van der Waals surface area contributed by atoms with Crippen LogP contribution in [0.3, 0.4) is 0 Å². The van der Waals surface area contributed by atoms with E-state index < -0.39 is 50.3 Å². The second-order valence-corrected chi connectivity index (χ2v) is 5.74. The van der Waals surface area contributed by atoms with Crippen LogP contribution >= 0.6 is 0 Å². The van der Waals surface area contributed by atoms with Crippen LogP contribution in [0.25, 0.3) is 0 Å². The Balaban J connectivity index is 0.000000245. The van der Waals surface area contributed by atoms with Gasteiger partial charge in [-0.2, -0.15) is 8.78 Å². The van der Waals surface area contributed by atoms with Crippen molar-refractivity contribution in [1.82, 2.24) is 0 Å². The van der Waals surface area contributed by atoms with Crippen LogP contribution in [0.15, 0.2) is 54.6 Å². The highest BCUT2D eigenvalue weighted by Gasteiger charge is 2.19. The molecule has 0 aromatic heterocycles.